The van der Waals surface area contributed by atoms with Crippen molar-refractivity contribution in [2.75, 3.05) is 6.61 Å². The molecule has 0 aromatic heterocycles. The molecule has 0 aliphatic rings. The molecular formula is C19H36O4. The Labute approximate surface area is 142 Å². The highest BCUT2D eigenvalue weighted by Gasteiger charge is 2.13. The molecule has 0 amide bonds. The normalized spacial score (nSPS) is 11.0. The molecule has 4 heteroatoms. The monoisotopic (exact) mass is 328 g/mol. The summed E-state index contributed by atoms with van der Waals surface area (Å²) in [4.78, 5) is 23.3. The van der Waals surface area contributed by atoms with E-state index in [9.17, 15) is 9.59 Å². The van der Waals surface area contributed by atoms with E-state index in [1.165, 1.54) is 0 Å². The number of ether oxygens (including phenoxy) is 2. The molecule has 0 rings (SSSR count). The Kier molecular flexibility index (Phi) is 13.9. The van der Waals surface area contributed by atoms with Gasteiger partial charge in [0.25, 0.3) is 0 Å². The zero-order valence-corrected chi connectivity index (χ0v) is 15.6. The van der Waals surface area contributed by atoms with Gasteiger partial charge < -0.3 is 9.47 Å². The van der Waals surface area contributed by atoms with Crippen molar-refractivity contribution < 1.29 is 19.1 Å². The van der Waals surface area contributed by atoms with Gasteiger partial charge >= 0.3 is 11.9 Å². The van der Waals surface area contributed by atoms with Crippen LogP contribution in [0.3, 0.4) is 0 Å². The number of unbranched alkanes of at least 4 members (excludes halogenated alkanes) is 1. The average Bonchev–Trinajstić information content (AvgIpc) is 2.48. The zero-order chi connectivity index (χ0) is 17.5. The summed E-state index contributed by atoms with van der Waals surface area (Å²) >= 11 is 0. The van der Waals surface area contributed by atoms with Crippen molar-refractivity contribution >= 4 is 11.9 Å². The third kappa shape index (κ3) is 14.3. The molecule has 0 aromatic carbocycles. The fourth-order valence-corrected chi connectivity index (χ4v) is 2.44. The van der Waals surface area contributed by atoms with Crippen LogP contribution in [0, 0.1) is 5.92 Å². The highest BCUT2D eigenvalue weighted by atomic mass is 16.5. The van der Waals surface area contributed by atoms with Crippen molar-refractivity contribution in [3.05, 3.63) is 0 Å². The molecule has 0 saturated heterocycles. The minimum atomic E-state index is -0.156. The Morgan fingerprint density at radius 2 is 1.39 bits per heavy atom. The van der Waals surface area contributed by atoms with Crippen LogP contribution in [0.1, 0.15) is 91.9 Å². The summed E-state index contributed by atoms with van der Waals surface area (Å²) in [6.45, 7) is 9.03. The van der Waals surface area contributed by atoms with E-state index < -0.39 is 0 Å². The fraction of sp³-hybridized carbons (Fsp3) is 0.895. The molecule has 0 saturated carbocycles. The van der Waals surface area contributed by atoms with Crippen molar-refractivity contribution in [1.82, 2.24) is 0 Å². The maximum absolute atomic E-state index is 11.8. The molecule has 0 radical (unpaired) electrons. The largest absolute Gasteiger partial charge is 0.466 e. The van der Waals surface area contributed by atoms with Crippen molar-refractivity contribution in [3.8, 4) is 0 Å². The summed E-state index contributed by atoms with van der Waals surface area (Å²) in [5.74, 6) is 0.350. The van der Waals surface area contributed by atoms with Crippen LogP contribution >= 0.6 is 0 Å². The predicted octanol–water partition coefficient (Wildman–Crippen LogP) is 5.04. The van der Waals surface area contributed by atoms with Crippen LogP contribution in [-0.4, -0.2) is 24.6 Å². The topological polar surface area (TPSA) is 52.6 Å². The second-order valence-corrected chi connectivity index (χ2v) is 6.65. The van der Waals surface area contributed by atoms with Crippen molar-refractivity contribution in [2.45, 2.75) is 98.0 Å². The maximum atomic E-state index is 11.8. The minimum absolute atomic E-state index is 0.0587. The van der Waals surface area contributed by atoms with Crippen molar-refractivity contribution in [3.63, 3.8) is 0 Å². The van der Waals surface area contributed by atoms with E-state index in [-0.39, 0.29) is 18.0 Å². The van der Waals surface area contributed by atoms with Gasteiger partial charge in [-0.25, -0.2) is 0 Å². The molecule has 0 spiro atoms. The van der Waals surface area contributed by atoms with Gasteiger partial charge in [0.05, 0.1) is 6.61 Å². The molecule has 0 unspecified atom stereocenters. The third-order valence-corrected chi connectivity index (χ3v) is 3.72. The van der Waals surface area contributed by atoms with Gasteiger partial charge in [-0.3, -0.25) is 9.59 Å². The average molecular weight is 328 g/mol. The van der Waals surface area contributed by atoms with E-state index >= 15 is 0 Å². The van der Waals surface area contributed by atoms with E-state index in [0.717, 1.165) is 38.5 Å². The zero-order valence-electron chi connectivity index (χ0n) is 15.6. The number of hydrogen-bond acceptors (Lipinski definition) is 4. The summed E-state index contributed by atoms with van der Waals surface area (Å²) in [7, 11) is 0. The number of hydrogen-bond donors (Lipinski definition) is 0. The Morgan fingerprint density at radius 3 is 1.91 bits per heavy atom. The number of rotatable bonds is 14. The van der Waals surface area contributed by atoms with E-state index in [2.05, 4.69) is 27.7 Å². The lowest BCUT2D eigenvalue weighted by Crippen LogP contribution is -2.17. The SMILES string of the molecule is CCCC(CCC)OC(=O)CCCCC(=O)OCCCC(C)C. The number of carbonyl (C=O) groups excluding carboxylic acids is 2. The van der Waals surface area contributed by atoms with Crippen LogP contribution in [0.2, 0.25) is 0 Å². The first-order valence-electron chi connectivity index (χ1n) is 9.34. The summed E-state index contributed by atoms with van der Waals surface area (Å²) < 4.78 is 10.7. The van der Waals surface area contributed by atoms with Crippen molar-refractivity contribution in [2.24, 2.45) is 5.92 Å². The maximum Gasteiger partial charge on any atom is 0.306 e. The van der Waals surface area contributed by atoms with Crippen molar-refractivity contribution in [1.29, 1.82) is 0 Å². The van der Waals surface area contributed by atoms with Gasteiger partial charge in [0.1, 0.15) is 6.10 Å². The highest BCUT2D eigenvalue weighted by Crippen LogP contribution is 2.12. The van der Waals surface area contributed by atoms with E-state index in [0.29, 0.717) is 38.2 Å². The first-order chi connectivity index (χ1) is 11.0. The Balaban J connectivity index is 3.65. The molecule has 0 atom stereocenters. The molecule has 0 bridgehead atoms. The Bertz CT molecular complexity index is 306. The minimum Gasteiger partial charge on any atom is -0.466 e. The second-order valence-electron chi connectivity index (χ2n) is 6.65. The Morgan fingerprint density at radius 1 is 0.826 bits per heavy atom. The van der Waals surface area contributed by atoms with Gasteiger partial charge in [0.15, 0.2) is 0 Å². The molecule has 0 aromatic rings. The number of esters is 2. The molecule has 0 aliphatic carbocycles. The van der Waals surface area contributed by atoms with Gasteiger partial charge in [0, 0.05) is 12.8 Å². The van der Waals surface area contributed by atoms with Crippen LogP contribution in [-0.2, 0) is 19.1 Å². The van der Waals surface area contributed by atoms with E-state index in [4.69, 9.17) is 9.47 Å². The lowest BCUT2D eigenvalue weighted by atomic mass is 10.1. The molecule has 0 heterocycles. The second kappa shape index (κ2) is 14.5. The van der Waals surface area contributed by atoms with Crippen LogP contribution in [0.25, 0.3) is 0 Å². The summed E-state index contributed by atoms with van der Waals surface area (Å²) in [5.41, 5.74) is 0. The first kappa shape index (κ1) is 21.9. The molecule has 0 N–H and O–H groups in total. The van der Waals surface area contributed by atoms with Crippen LogP contribution in [0.15, 0.2) is 0 Å². The van der Waals surface area contributed by atoms with E-state index in [1.54, 1.807) is 0 Å². The van der Waals surface area contributed by atoms with Gasteiger partial charge in [-0.15, -0.1) is 0 Å². The molecule has 4 nitrogen and oxygen atoms in total. The lowest BCUT2D eigenvalue weighted by Gasteiger charge is -2.16. The molecule has 136 valence electrons. The van der Waals surface area contributed by atoms with Gasteiger partial charge in [-0.1, -0.05) is 40.5 Å². The third-order valence-electron chi connectivity index (χ3n) is 3.72. The molecule has 0 aliphatic heterocycles. The smallest absolute Gasteiger partial charge is 0.306 e. The first-order valence-corrected chi connectivity index (χ1v) is 9.34. The molecule has 0 fully saturated rings. The standard InChI is InChI=1S/C19H36O4/c1-5-10-17(11-6-2)23-19(21)14-8-7-13-18(20)22-15-9-12-16(3)4/h16-17H,5-15H2,1-4H3. The summed E-state index contributed by atoms with van der Waals surface area (Å²) in [6.07, 6.45) is 8.14. The van der Waals surface area contributed by atoms with Crippen LogP contribution in [0.4, 0.5) is 0 Å². The number of carbonyl (C=O) groups is 2. The molecule has 23 heavy (non-hydrogen) atoms. The quantitative estimate of drug-likeness (QED) is 0.331. The summed E-state index contributed by atoms with van der Waals surface area (Å²) in [5, 5.41) is 0. The molecular weight excluding hydrogens is 292 g/mol. The van der Waals surface area contributed by atoms with Gasteiger partial charge in [-0.2, -0.15) is 0 Å². The van der Waals surface area contributed by atoms with Gasteiger partial charge in [-0.05, 0) is 44.4 Å². The summed E-state index contributed by atoms with van der Waals surface area (Å²) in [6, 6.07) is 0. The Hall–Kier alpha value is -1.06. The highest BCUT2D eigenvalue weighted by molar-refractivity contribution is 5.70. The van der Waals surface area contributed by atoms with Crippen LogP contribution < -0.4 is 0 Å². The van der Waals surface area contributed by atoms with Gasteiger partial charge in [0.2, 0.25) is 0 Å². The predicted molar refractivity (Wildman–Crippen MR) is 93.2 cm³/mol. The fourth-order valence-electron chi connectivity index (χ4n) is 2.44. The van der Waals surface area contributed by atoms with E-state index in [1.807, 2.05) is 0 Å². The lowest BCUT2D eigenvalue weighted by molar-refractivity contribution is -0.150. The van der Waals surface area contributed by atoms with Crippen LogP contribution in [0.5, 0.6) is 0 Å².